The molecule has 2 heterocycles. The van der Waals surface area contributed by atoms with Crippen molar-refractivity contribution in [1.82, 2.24) is 24.6 Å². The molecule has 2 aromatic heterocycles. The Morgan fingerprint density at radius 1 is 1.14 bits per heavy atom. The van der Waals surface area contributed by atoms with E-state index >= 15 is 0 Å². The Balaban J connectivity index is 1.59. The van der Waals surface area contributed by atoms with Crippen LogP contribution in [0.15, 0.2) is 65.6 Å². The number of para-hydroxylation sites is 2. The Kier molecular flexibility index (Phi) is 5.14. The van der Waals surface area contributed by atoms with E-state index in [-0.39, 0.29) is 23.7 Å². The van der Waals surface area contributed by atoms with Crippen LogP contribution < -0.4 is 5.56 Å². The Hall–Kier alpha value is -3.45. The molecule has 0 saturated heterocycles. The fourth-order valence-corrected chi connectivity index (χ4v) is 3.31. The van der Waals surface area contributed by atoms with Crippen molar-refractivity contribution in [3.8, 4) is 5.69 Å². The molecule has 0 spiro atoms. The summed E-state index contributed by atoms with van der Waals surface area (Å²) in [6, 6.07) is 16.0. The molecule has 0 aliphatic carbocycles. The number of carbonyl (C=O) groups excluding carboxylic acids is 1. The van der Waals surface area contributed by atoms with Gasteiger partial charge in [0.15, 0.2) is 5.69 Å². The van der Waals surface area contributed by atoms with Crippen LogP contribution >= 0.6 is 11.6 Å². The first-order valence-corrected chi connectivity index (χ1v) is 9.52. The third kappa shape index (κ3) is 3.77. The molecule has 0 aliphatic rings. The summed E-state index contributed by atoms with van der Waals surface area (Å²) in [5.41, 5.74) is 1.35. The molecular formula is C21H18ClN5O2. The number of halogens is 1. The highest BCUT2D eigenvalue weighted by Gasteiger charge is 2.19. The van der Waals surface area contributed by atoms with Crippen molar-refractivity contribution in [3.63, 3.8) is 0 Å². The number of hydrogen-bond donors (Lipinski definition) is 1. The standard InChI is InChI=1S/C21H18ClN5O2/c1-2-26(13-19-23-16-9-5-3-7-14(16)20(28)24-19)21(29)17-11-12-27(25-17)18-10-6-4-8-15(18)22/h3-12H,2,13H2,1H3,(H,23,24,28). The average Bonchev–Trinajstić information content (AvgIpc) is 3.22. The summed E-state index contributed by atoms with van der Waals surface area (Å²) >= 11 is 6.21. The molecule has 7 nitrogen and oxygen atoms in total. The van der Waals surface area contributed by atoms with Crippen molar-refractivity contribution < 1.29 is 4.79 Å². The Labute approximate surface area is 171 Å². The molecule has 0 saturated carbocycles. The Bertz CT molecular complexity index is 1250. The molecule has 1 N–H and O–H groups in total. The van der Waals surface area contributed by atoms with Crippen molar-refractivity contribution >= 4 is 28.4 Å². The third-order valence-electron chi connectivity index (χ3n) is 4.58. The van der Waals surface area contributed by atoms with Gasteiger partial charge in [0.2, 0.25) is 0 Å². The van der Waals surface area contributed by atoms with Crippen LogP contribution in [-0.2, 0) is 6.54 Å². The van der Waals surface area contributed by atoms with Gasteiger partial charge in [0.1, 0.15) is 5.82 Å². The SMILES string of the molecule is CCN(Cc1nc2ccccc2c(=O)[nH]1)C(=O)c1ccn(-c2ccccc2Cl)n1. The summed E-state index contributed by atoms with van der Waals surface area (Å²) in [7, 11) is 0. The largest absolute Gasteiger partial charge is 0.330 e. The van der Waals surface area contributed by atoms with Gasteiger partial charge in [-0.2, -0.15) is 5.10 Å². The van der Waals surface area contributed by atoms with E-state index in [1.807, 2.05) is 31.2 Å². The summed E-state index contributed by atoms with van der Waals surface area (Å²) < 4.78 is 1.57. The average molecular weight is 408 g/mol. The van der Waals surface area contributed by atoms with Crippen LogP contribution in [0, 0.1) is 0 Å². The highest BCUT2D eigenvalue weighted by atomic mass is 35.5. The number of aromatic nitrogens is 4. The molecule has 0 unspecified atom stereocenters. The molecule has 0 fully saturated rings. The molecule has 29 heavy (non-hydrogen) atoms. The number of nitrogens with zero attached hydrogens (tertiary/aromatic N) is 4. The van der Waals surface area contributed by atoms with Crippen molar-refractivity contribution in [1.29, 1.82) is 0 Å². The monoisotopic (exact) mass is 407 g/mol. The van der Waals surface area contributed by atoms with Gasteiger partial charge in [0, 0.05) is 12.7 Å². The summed E-state index contributed by atoms with van der Waals surface area (Å²) in [5.74, 6) is 0.170. The quantitative estimate of drug-likeness (QED) is 0.549. The topological polar surface area (TPSA) is 83.9 Å². The number of rotatable bonds is 5. The Morgan fingerprint density at radius 3 is 2.69 bits per heavy atom. The first-order valence-electron chi connectivity index (χ1n) is 9.14. The van der Waals surface area contributed by atoms with Gasteiger partial charge in [-0.15, -0.1) is 0 Å². The van der Waals surface area contributed by atoms with Crippen LogP contribution in [-0.4, -0.2) is 37.1 Å². The molecule has 0 bridgehead atoms. The molecule has 0 atom stereocenters. The van der Waals surface area contributed by atoms with Crippen LogP contribution in [0.5, 0.6) is 0 Å². The summed E-state index contributed by atoms with van der Waals surface area (Å²) in [6.07, 6.45) is 1.69. The van der Waals surface area contributed by atoms with Gasteiger partial charge in [-0.25, -0.2) is 9.67 Å². The maximum absolute atomic E-state index is 13.0. The summed E-state index contributed by atoms with van der Waals surface area (Å²) in [5, 5.41) is 5.43. The van der Waals surface area contributed by atoms with Crippen molar-refractivity contribution in [2.75, 3.05) is 6.54 Å². The fourth-order valence-electron chi connectivity index (χ4n) is 3.09. The lowest BCUT2D eigenvalue weighted by Gasteiger charge is -2.19. The fraction of sp³-hybridized carbons (Fsp3) is 0.143. The molecule has 0 aliphatic heterocycles. The predicted molar refractivity (Wildman–Crippen MR) is 111 cm³/mol. The molecule has 0 radical (unpaired) electrons. The molecule has 1 amide bonds. The number of hydrogen-bond acceptors (Lipinski definition) is 4. The zero-order valence-electron chi connectivity index (χ0n) is 15.7. The second kappa shape index (κ2) is 7.89. The number of carbonyl (C=O) groups is 1. The zero-order valence-corrected chi connectivity index (χ0v) is 16.4. The van der Waals surface area contributed by atoms with Crippen LogP contribution in [0.2, 0.25) is 5.02 Å². The van der Waals surface area contributed by atoms with E-state index < -0.39 is 0 Å². The van der Waals surface area contributed by atoms with E-state index in [0.29, 0.717) is 34.0 Å². The lowest BCUT2D eigenvalue weighted by Crippen LogP contribution is -2.32. The van der Waals surface area contributed by atoms with Gasteiger partial charge in [-0.05, 0) is 37.3 Å². The van der Waals surface area contributed by atoms with E-state index in [0.717, 1.165) is 0 Å². The van der Waals surface area contributed by atoms with Crippen LogP contribution in [0.3, 0.4) is 0 Å². The molecular weight excluding hydrogens is 390 g/mol. The van der Waals surface area contributed by atoms with E-state index in [2.05, 4.69) is 15.1 Å². The highest BCUT2D eigenvalue weighted by Crippen LogP contribution is 2.19. The van der Waals surface area contributed by atoms with Crippen molar-refractivity contribution in [2.24, 2.45) is 0 Å². The molecule has 4 rings (SSSR count). The Morgan fingerprint density at radius 2 is 1.90 bits per heavy atom. The van der Waals surface area contributed by atoms with Crippen LogP contribution in [0.1, 0.15) is 23.2 Å². The number of benzene rings is 2. The third-order valence-corrected chi connectivity index (χ3v) is 4.90. The minimum Gasteiger partial charge on any atom is -0.330 e. The van der Waals surface area contributed by atoms with Crippen LogP contribution in [0.4, 0.5) is 0 Å². The van der Waals surface area contributed by atoms with Gasteiger partial charge in [0.25, 0.3) is 11.5 Å². The molecule has 146 valence electrons. The molecule has 4 aromatic rings. The second-order valence-corrected chi connectivity index (χ2v) is 6.85. The molecule has 8 heteroatoms. The highest BCUT2D eigenvalue weighted by molar-refractivity contribution is 6.32. The van der Waals surface area contributed by atoms with Gasteiger partial charge < -0.3 is 9.88 Å². The first-order chi connectivity index (χ1) is 14.1. The maximum atomic E-state index is 13.0. The summed E-state index contributed by atoms with van der Waals surface area (Å²) in [6.45, 7) is 2.48. The van der Waals surface area contributed by atoms with E-state index in [1.165, 1.54) is 0 Å². The number of H-pyrrole nitrogens is 1. The van der Waals surface area contributed by atoms with Crippen molar-refractivity contribution in [3.05, 3.63) is 87.7 Å². The minimum atomic E-state index is -0.255. The number of amides is 1. The molecule has 2 aromatic carbocycles. The van der Waals surface area contributed by atoms with Gasteiger partial charge >= 0.3 is 0 Å². The van der Waals surface area contributed by atoms with E-state index in [9.17, 15) is 9.59 Å². The number of aromatic amines is 1. The predicted octanol–water partition coefficient (Wildman–Crippen LogP) is 3.42. The summed E-state index contributed by atoms with van der Waals surface area (Å²) in [4.78, 5) is 34.0. The van der Waals surface area contributed by atoms with E-state index in [4.69, 9.17) is 11.6 Å². The van der Waals surface area contributed by atoms with Crippen molar-refractivity contribution in [2.45, 2.75) is 13.5 Å². The number of fused-ring (bicyclic) bond motifs is 1. The minimum absolute atomic E-state index is 0.175. The lowest BCUT2D eigenvalue weighted by atomic mass is 10.2. The van der Waals surface area contributed by atoms with Crippen LogP contribution in [0.25, 0.3) is 16.6 Å². The van der Waals surface area contributed by atoms with E-state index in [1.54, 1.807) is 46.1 Å². The first kappa shape index (κ1) is 18.9. The lowest BCUT2D eigenvalue weighted by molar-refractivity contribution is 0.0742. The van der Waals surface area contributed by atoms with Gasteiger partial charge in [-0.3, -0.25) is 9.59 Å². The number of nitrogens with one attached hydrogen (secondary N) is 1. The van der Waals surface area contributed by atoms with Gasteiger partial charge in [0.05, 0.1) is 28.2 Å². The maximum Gasteiger partial charge on any atom is 0.274 e. The normalized spacial score (nSPS) is 11.0. The zero-order chi connectivity index (χ0) is 20.4. The second-order valence-electron chi connectivity index (χ2n) is 6.45. The smallest absolute Gasteiger partial charge is 0.274 e. The van der Waals surface area contributed by atoms with Gasteiger partial charge in [-0.1, -0.05) is 35.9 Å².